The smallest absolute Gasteiger partial charge is 0.243 e. The number of nitrogen functional groups attached to an aromatic ring is 1. The van der Waals surface area contributed by atoms with Crippen LogP contribution in [0, 0.1) is 0 Å². The van der Waals surface area contributed by atoms with Crippen molar-refractivity contribution in [3.63, 3.8) is 0 Å². The van der Waals surface area contributed by atoms with E-state index in [1.54, 1.807) is 26.0 Å². The highest BCUT2D eigenvalue weighted by Gasteiger charge is 2.26. The molecule has 0 unspecified atom stereocenters. The van der Waals surface area contributed by atoms with E-state index in [0.717, 1.165) is 0 Å². The Morgan fingerprint density at radius 1 is 1.39 bits per heavy atom. The molecule has 3 N–H and O–H groups in total. The van der Waals surface area contributed by atoms with Crippen molar-refractivity contribution in [1.29, 1.82) is 0 Å². The van der Waals surface area contributed by atoms with Crippen LogP contribution in [-0.2, 0) is 10.0 Å². The van der Waals surface area contributed by atoms with Crippen molar-refractivity contribution >= 4 is 15.7 Å². The molecule has 1 rings (SSSR count). The van der Waals surface area contributed by atoms with Gasteiger partial charge in [-0.05, 0) is 38.5 Å². The number of nitrogens with two attached hydrogens (primary N) is 1. The number of aliphatic hydroxyl groups is 1. The van der Waals surface area contributed by atoms with Crippen molar-refractivity contribution in [2.45, 2.75) is 31.2 Å². The minimum atomic E-state index is -3.55. The van der Waals surface area contributed by atoms with Crippen LogP contribution in [0.2, 0.25) is 0 Å². The van der Waals surface area contributed by atoms with E-state index in [2.05, 4.69) is 0 Å². The topological polar surface area (TPSA) is 83.6 Å². The first-order valence-corrected chi connectivity index (χ1v) is 7.32. The summed E-state index contributed by atoms with van der Waals surface area (Å²) in [6.07, 6.45) is 0.416. The Kier molecular flexibility index (Phi) is 5.13. The van der Waals surface area contributed by atoms with Gasteiger partial charge >= 0.3 is 0 Å². The molecular weight excluding hydrogens is 252 g/mol. The minimum absolute atomic E-state index is 0.0321. The molecule has 0 saturated carbocycles. The van der Waals surface area contributed by atoms with Gasteiger partial charge in [-0.1, -0.05) is 6.07 Å². The van der Waals surface area contributed by atoms with E-state index in [1.165, 1.54) is 16.4 Å². The van der Waals surface area contributed by atoms with Crippen LogP contribution in [0.3, 0.4) is 0 Å². The summed E-state index contributed by atoms with van der Waals surface area (Å²) in [6, 6.07) is 6.08. The van der Waals surface area contributed by atoms with Crippen LogP contribution in [0.4, 0.5) is 5.69 Å². The Hall–Kier alpha value is -1.11. The van der Waals surface area contributed by atoms with Crippen LogP contribution in [0.15, 0.2) is 29.2 Å². The second-order valence-electron chi connectivity index (χ2n) is 4.36. The first-order valence-electron chi connectivity index (χ1n) is 5.88. The highest BCUT2D eigenvalue weighted by molar-refractivity contribution is 7.89. The maximum absolute atomic E-state index is 12.4. The van der Waals surface area contributed by atoms with Crippen molar-refractivity contribution in [2.24, 2.45) is 0 Å². The SMILES string of the molecule is CC(C)N(CCCO)S(=O)(=O)c1cccc(N)c1. The number of benzene rings is 1. The number of sulfonamides is 1. The molecule has 0 amide bonds. The van der Waals surface area contributed by atoms with Gasteiger partial charge in [-0.25, -0.2) is 8.42 Å². The average Bonchev–Trinajstić information content (AvgIpc) is 2.28. The largest absolute Gasteiger partial charge is 0.399 e. The van der Waals surface area contributed by atoms with Crippen molar-refractivity contribution < 1.29 is 13.5 Å². The standard InChI is InChI=1S/C12H20N2O3S/c1-10(2)14(7-4-8-15)18(16,17)12-6-3-5-11(13)9-12/h3,5-6,9-10,15H,4,7-8,13H2,1-2H3. The molecule has 18 heavy (non-hydrogen) atoms. The van der Waals surface area contributed by atoms with Gasteiger partial charge in [0, 0.05) is 24.9 Å². The van der Waals surface area contributed by atoms with E-state index in [4.69, 9.17) is 10.8 Å². The van der Waals surface area contributed by atoms with Crippen molar-refractivity contribution in [3.8, 4) is 0 Å². The van der Waals surface area contributed by atoms with Gasteiger partial charge in [-0.3, -0.25) is 0 Å². The molecule has 0 aliphatic heterocycles. The third-order valence-corrected chi connectivity index (χ3v) is 4.65. The van der Waals surface area contributed by atoms with E-state index in [9.17, 15) is 8.42 Å². The molecule has 5 nitrogen and oxygen atoms in total. The molecule has 0 saturated heterocycles. The molecule has 0 aliphatic carbocycles. The molecular formula is C12H20N2O3S. The minimum Gasteiger partial charge on any atom is -0.399 e. The van der Waals surface area contributed by atoms with Crippen LogP contribution in [0.25, 0.3) is 0 Å². The molecule has 0 bridgehead atoms. The van der Waals surface area contributed by atoms with Crippen molar-refractivity contribution in [3.05, 3.63) is 24.3 Å². The molecule has 102 valence electrons. The predicted octanol–water partition coefficient (Wildman–Crippen LogP) is 1.05. The van der Waals surface area contributed by atoms with Crippen LogP contribution in [0.1, 0.15) is 20.3 Å². The van der Waals surface area contributed by atoms with Crippen LogP contribution in [-0.4, -0.2) is 37.0 Å². The van der Waals surface area contributed by atoms with Gasteiger partial charge in [-0.2, -0.15) is 4.31 Å². The summed E-state index contributed by atoms with van der Waals surface area (Å²) in [4.78, 5) is 0.189. The van der Waals surface area contributed by atoms with Crippen molar-refractivity contribution in [2.75, 3.05) is 18.9 Å². The second-order valence-corrected chi connectivity index (χ2v) is 6.25. The van der Waals surface area contributed by atoms with Crippen molar-refractivity contribution in [1.82, 2.24) is 4.31 Å². The molecule has 0 aliphatic rings. The number of anilines is 1. The first-order chi connectivity index (χ1) is 8.39. The van der Waals surface area contributed by atoms with Gasteiger partial charge in [0.1, 0.15) is 0 Å². The zero-order valence-electron chi connectivity index (χ0n) is 10.7. The van der Waals surface area contributed by atoms with Gasteiger partial charge in [-0.15, -0.1) is 0 Å². The summed E-state index contributed by atoms with van der Waals surface area (Å²) in [6.45, 7) is 3.88. The lowest BCUT2D eigenvalue weighted by molar-refractivity contribution is 0.258. The first kappa shape index (κ1) is 14.9. The van der Waals surface area contributed by atoms with Crippen LogP contribution < -0.4 is 5.73 Å². The Morgan fingerprint density at radius 3 is 2.56 bits per heavy atom. The van der Waals surface area contributed by atoms with Gasteiger partial charge < -0.3 is 10.8 Å². The molecule has 0 fully saturated rings. The van der Waals surface area contributed by atoms with E-state index >= 15 is 0 Å². The van der Waals surface area contributed by atoms with E-state index in [1.807, 2.05) is 0 Å². The van der Waals surface area contributed by atoms with Crippen LogP contribution in [0.5, 0.6) is 0 Å². The number of rotatable bonds is 6. The number of hydrogen-bond acceptors (Lipinski definition) is 4. The summed E-state index contributed by atoms with van der Waals surface area (Å²) >= 11 is 0. The molecule has 0 atom stereocenters. The Bertz CT molecular complexity index is 486. The number of nitrogens with zero attached hydrogens (tertiary/aromatic N) is 1. The lowest BCUT2D eigenvalue weighted by atomic mass is 10.3. The fourth-order valence-electron chi connectivity index (χ4n) is 1.69. The molecule has 0 heterocycles. The van der Waals surface area contributed by atoms with Crippen LogP contribution >= 0.6 is 0 Å². The quantitative estimate of drug-likeness (QED) is 0.758. The van der Waals surface area contributed by atoms with E-state index < -0.39 is 10.0 Å². The van der Waals surface area contributed by atoms with E-state index in [-0.39, 0.29) is 17.5 Å². The molecule has 1 aromatic carbocycles. The van der Waals surface area contributed by atoms with E-state index in [0.29, 0.717) is 18.7 Å². The summed E-state index contributed by atoms with van der Waals surface area (Å²) in [5.74, 6) is 0. The summed E-state index contributed by atoms with van der Waals surface area (Å²) in [7, 11) is -3.55. The fraction of sp³-hybridized carbons (Fsp3) is 0.500. The monoisotopic (exact) mass is 272 g/mol. The molecule has 0 spiro atoms. The Morgan fingerprint density at radius 2 is 2.06 bits per heavy atom. The Balaban J connectivity index is 3.09. The molecule has 0 aromatic heterocycles. The average molecular weight is 272 g/mol. The third-order valence-electron chi connectivity index (χ3n) is 2.58. The zero-order chi connectivity index (χ0) is 13.8. The van der Waals surface area contributed by atoms with Gasteiger partial charge in [0.05, 0.1) is 4.90 Å². The maximum Gasteiger partial charge on any atom is 0.243 e. The summed E-state index contributed by atoms with van der Waals surface area (Å²) < 4.78 is 26.2. The lowest BCUT2D eigenvalue weighted by Gasteiger charge is -2.25. The second kappa shape index (κ2) is 6.17. The lowest BCUT2D eigenvalue weighted by Crippen LogP contribution is -2.38. The highest BCUT2D eigenvalue weighted by Crippen LogP contribution is 2.20. The molecule has 1 aromatic rings. The Labute approximate surface area is 108 Å². The number of aliphatic hydroxyl groups excluding tert-OH is 1. The fourth-order valence-corrected chi connectivity index (χ4v) is 3.42. The summed E-state index contributed by atoms with van der Waals surface area (Å²) in [5.41, 5.74) is 6.03. The highest BCUT2D eigenvalue weighted by atomic mass is 32.2. The van der Waals surface area contributed by atoms with Gasteiger partial charge in [0.2, 0.25) is 10.0 Å². The van der Waals surface area contributed by atoms with Gasteiger partial charge in [0.25, 0.3) is 0 Å². The molecule has 0 radical (unpaired) electrons. The normalized spacial score (nSPS) is 12.3. The van der Waals surface area contributed by atoms with Gasteiger partial charge in [0.15, 0.2) is 0 Å². The summed E-state index contributed by atoms with van der Waals surface area (Å²) in [5, 5.41) is 8.84. The number of hydrogen-bond donors (Lipinski definition) is 2. The zero-order valence-corrected chi connectivity index (χ0v) is 11.5. The predicted molar refractivity (Wildman–Crippen MR) is 71.6 cm³/mol. The molecule has 6 heteroatoms. The third kappa shape index (κ3) is 3.44. The maximum atomic E-state index is 12.4.